The molecule has 0 fully saturated rings. The fraction of sp³-hybridized carbons (Fsp3) is 0.286. The van der Waals surface area contributed by atoms with Crippen molar-refractivity contribution in [3.8, 4) is 23.0 Å². The van der Waals surface area contributed by atoms with Crippen LogP contribution in [0.2, 0.25) is 0 Å². The quantitative estimate of drug-likeness (QED) is 0.383. The Hall–Kier alpha value is -4.00. The van der Waals surface area contributed by atoms with Gasteiger partial charge in [-0.15, -0.1) is 0 Å². The first-order chi connectivity index (χ1) is 16.9. The zero-order valence-electron chi connectivity index (χ0n) is 20.2. The largest absolute Gasteiger partial charge is 0.507 e. The zero-order chi connectivity index (χ0) is 25.1. The van der Waals surface area contributed by atoms with Gasteiger partial charge in [-0.05, 0) is 47.9 Å². The summed E-state index contributed by atoms with van der Waals surface area (Å²) in [5.41, 5.74) is 1.76. The van der Waals surface area contributed by atoms with Crippen LogP contribution >= 0.6 is 0 Å². The van der Waals surface area contributed by atoms with Gasteiger partial charge in [0.2, 0.25) is 0 Å². The minimum atomic E-state index is -1.04. The highest BCUT2D eigenvalue weighted by Crippen LogP contribution is 2.48. The first-order valence-corrected chi connectivity index (χ1v) is 11.4. The smallest absolute Gasteiger partial charge is 0.317 e. The highest BCUT2D eigenvalue weighted by Gasteiger charge is 2.42. The van der Waals surface area contributed by atoms with E-state index in [4.69, 9.17) is 18.9 Å². The van der Waals surface area contributed by atoms with Gasteiger partial charge in [-0.1, -0.05) is 30.3 Å². The maximum Gasteiger partial charge on any atom is 0.317 e. The monoisotopic (exact) mass is 476 g/mol. The fourth-order valence-corrected chi connectivity index (χ4v) is 4.80. The summed E-state index contributed by atoms with van der Waals surface area (Å²) in [4.78, 5) is 26.5. The van der Waals surface area contributed by atoms with E-state index in [0.29, 0.717) is 34.8 Å². The lowest BCUT2D eigenvalue weighted by molar-refractivity contribution is -0.151. The van der Waals surface area contributed by atoms with E-state index < -0.39 is 17.8 Å². The Morgan fingerprint density at radius 3 is 2.34 bits per heavy atom. The van der Waals surface area contributed by atoms with Crippen LogP contribution in [0.5, 0.6) is 23.0 Å². The predicted molar refractivity (Wildman–Crippen MR) is 132 cm³/mol. The molecule has 35 heavy (non-hydrogen) atoms. The number of esters is 1. The van der Waals surface area contributed by atoms with Crippen molar-refractivity contribution in [2.75, 3.05) is 27.9 Å². The molecule has 2 unspecified atom stereocenters. The molecule has 0 heterocycles. The molecule has 0 saturated heterocycles. The number of phenolic OH excluding ortho intramolecular Hbond substituents is 1. The normalized spacial score (nSPS) is 17.6. The van der Waals surface area contributed by atoms with Gasteiger partial charge >= 0.3 is 5.97 Å². The number of methoxy groups -OCH3 is 3. The first-order valence-electron chi connectivity index (χ1n) is 11.4. The van der Waals surface area contributed by atoms with Crippen molar-refractivity contribution in [1.29, 1.82) is 0 Å². The van der Waals surface area contributed by atoms with E-state index in [1.54, 1.807) is 20.1 Å². The number of hydrogen-bond acceptors (Lipinski definition) is 7. The summed E-state index contributed by atoms with van der Waals surface area (Å²) in [5, 5.41) is 12.6. The number of allylic oxidation sites excluding steroid dienone is 2. The van der Waals surface area contributed by atoms with Crippen LogP contribution in [0.4, 0.5) is 0 Å². The van der Waals surface area contributed by atoms with E-state index in [2.05, 4.69) is 0 Å². The highest BCUT2D eigenvalue weighted by atomic mass is 16.5. The molecule has 182 valence electrons. The Bertz CT molecular complexity index is 1310. The average Bonchev–Trinajstić information content (AvgIpc) is 2.87. The second-order valence-corrected chi connectivity index (χ2v) is 8.24. The molecule has 0 saturated carbocycles. The van der Waals surface area contributed by atoms with Crippen molar-refractivity contribution in [2.24, 2.45) is 5.92 Å². The van der Waals surface area contributed by atoms with E-state index in [1.165, 1.54) is 26.4 Å². The number of phenols is 1. The minimum Gasteiger partial charge on any atom is -0.507 e. The summed E-state index contributed by atoms with van der Waals surface area (Å²) in [6, 6.07) is 14.6. The molecule has 0 amide bonds. The van der Waals surface area contributed by atoms with E-state index in [0.717, 1.165) is 16.3 Å². The number of aromatic hydroxyl groups is 1. The molecule has 7 nitrogen and oxygen atoms in total. The van der Waals surface area contributed by atoms with Crippen LogP contribution in [0, 0.1) is 5.92 Å². The van der Waals surface area contributed by atoms with Crippen LogP contribution in [-0.2, 0) is 14.3 Å². The van der Waals surface area contributed by atoms with E-state index in [9.17, 15) is 14.7 Å². The molecule has 0 spiro atoms. The number of benzene rings is 3. The van der Waals surface area contributed by atoms with E-state index >= 15 is 0 Å². The number of hydrogen-bond donors (Lipinski definition) is 1. The third kappa shape index (κ3) is 4.41. The van der Waals surface area contributed by atoms with Crippen LogP contribution in [0.1, 0.15) is 30.4 Å². The molecular formula is C28H28O7. The first kappa shape index (κ1) is 24.1. The second-order valence-electron chi connectivity index (χ2n) is 8.24. The molecule has 2 atom stereocenters. The summed E-state index contributed by atoms with van der Waals surface area (Å²) in [7, 11) is 4.54. The highest BCUT2D eigenvalue weighted by molar-refractivity contribution is 6.11. The number of carbonyl (C=O) groups is 2. The number of ether oxygens (including phenoxy) is 4. The third-order valence-electron chi connectivity index (χ3n) is 6.37. The van der Waals surface area contributed by atoms with Gasteiger partial charge < -0.3 is 24.1 Å². The van der Waals surface area contributed by atoms with Gasteiger partial charge in [-0.3, -0.25) is 9.59 Å². The lowest BCUT2D eigenvalue weighted by Gasteiger charge is -2.31. The van der Waals surface area contributed by atoms with Crippen LogP contribution in [0.25, 0.3) is 16.3 Å². The molecule has 1 N–H and O–H groups in total. The van der Waals surface area contributed by atoms with E-state index in [1.807, 2.05) is 36.4 Å². The van der Waals surface area contributed by atoms with Gasteiger partial charge in [0.05, 0.1) is 27.9 Å². The lowest BCUT2D eigenvalue weighted by atomic mass is 9.72. The van der Waals surface area contributed by atoms with Crippen molar-refractivity contribution >= 4 is 28.1 Å². The van der Waals surface area contributed by atoms with Gasteiger partial charge in [0.1, 0.15) is 17.4 Å². The molecular weight excluding hydrogens is 448 g/mol. The standard InChI is InChI=1S/C28H28O7/c1-5-35-28(31)27-20(26-18-9-7-6-8-16(18)10-11-23(26)32-2)12-17(13-22(27)30)19-14-24(33-3)25(34-4)15-21(19)29/h6-11,13-15,20,27,29H,5,12H2,1-4H3. The molecule has 4 rings (SSSR count). The van der Waals surface area contributed by atoms with E-state index in [-0.39, 0.29) is 18.1 Å². The van der Waals surface area contributed by atoms with Crippen molar-refractivity contribution in [2.45, 2.75) is 19.3 Å². The van der Waals surface area contributed by atoms with Gasteiger partial charge in [0.15, 0.2) is 17.3 Å². The van der Waals surface area contributed by atoms with Crippen molar-refractivity contribution in [1.82, 2.24) is 0 Å². The summed E-state index contributed by atoms with van der Waals surface area (Å²) in [5.74, 6) is -1.28. The molecule has 0 bridgehead atoms. The summed E-state index contributed by atoms with van der Waals surface area (Å²) >= 11 is 0. The van der Waals surface area contributed by atoms with Gasteiger partial charge in [-0.2, -0.15) is 0 Å². The Morgan fingerprint density at radius 1 is 0.971 bits per heavy atom. The molecule has 0 radical (unpaired) electrons. The second kappa shape index (κ2) is 10.1. The van der Waals surface area contributed by atoms with Crippen LogP contribution in [0.3, 0.4) is 0 Å². The van der Waals surface area contributed by atoms with Crippen LogP contribution in [-0.4, -0.2) is 44.8 Å². The molecule has 7 heteroatoms. The van der Waals surface area contributed by atoms with Gasteiger partial charge in [0.25, 0.3) is 0 Å². The molecule has 0 aromatic heterocycles. The third-order valence-corrected chi connectivity index (χ3v) is 6.37. The lowest BCUT2D eigenvalue weighted by Crippen LogP contribution is -2.34. The molecule has 1 aliphatic carbocycles. The minimum absolute atomic E-state index is 0.0556. The average molecular weight is 477 g/mol. The summed E-state index contributed by atoms with van der Waals surface area (Å²) in [6.45, 7) is 1.87. The maximum absolute atomic E-state index is 13.4. The Kier molecular flexibility index (Phi) is 6.96. The molecule has 0 aliphatic heterocycles. The Balaban J connectivity index is 1.92. The fourth-order valence-electron chi connectivity index (χ4n) is 4.80. The number of ketones is 1. The zero-order valence-corrected chi connectivity index (χ0v) is 20.2. The van der Waals surface area contributed by atoms with Gasteiger partial charge in [-0.25, -0.2) is 0 Å². The number of carbonyl (C=O) groups excluding carboxylic acids is 2. The predicted octanol–water partition coefficient (Wildman–Crippen LogP) is 4.89. The SMILES string of the molecule is CCOC(=O)C1C(=O)C=C(c2cc(OC)c(OC)cc2O)CC1c1c(OC)ccc2ccccc12. The van der Waals surface area contributed by atoms with Gasteiger partial charge in [0, 0.05) is 23.1 Å². The Labute approximate surface area is 203 Å². The van der Waals surface area contributed by atoms with Crippen molar-refractivity contribution < 1.29 is 33.6 Å². The van der Waals surface area contributed by atoms with Crippen molar-refractivity contribution in [3.63, 3.8) is 0 Å². The van der Waals surface area contributed by atoms with Crippen LogP contribution < -0.4 is 14.2 Å². The van der Waals surface area contributed by atoms with Crippen LogP contribution in [0.15, 0.2) is 54.6 Å². The number of rotatable bonds is 7. The molecule has 3 aromatic rings. The summed E-state index contributed by atoms with van der Waals surface area (Å²) in [6.07, 6.45) is 1.71. The van der Waals surface area contributed by atoms with Crippen molar-refractivity contribution in [3.05, 3.63) is 65.7 Å². The topological polar surface area (TPSA) is 91.3 Å². The summed E-state index contributed by atoms with van der Waals surface area (Å²) < 4.78 is 21.7. The maximum atomic E-state index is 13.4. The Morgan fingerprint density at radius 2 is 1.66 bits per heavy atom. The molecule has 3 aromatic carbocycles. The molecule has 1 aliphatic rings. The number of fused-ring (bicyclic) bond motifs is 1.